The van der Waals surface area contributed by atoms with Crippen molar-refractivity contribution in [2.75, 3.05) is 0 Å². The highest BCUT2D eigenvalue weighted by Gasteiger charge is 2.28. The third-order valence-corrected chi connectivity index (χ3v) is 5.01. The average molecular weight is 341 g/mol. The van der Waals surface area contributed by atoms with Crippen molar-refractivity contribution >= 4 is 5.78 Å². The van der Waals surface area contributed by atoms with Crippen LogP contribution in [0.3, 0.4) is 0 Å². The Morgan fingerprint density at radius 2 is 1.36 bits per heavy atom. The minimum Gasteiger partial charge on any atom is -0.507 e. The number of carbonyl (C=O) groups excluding carboxylic acids is 1. The van der Waals surface area contributed by atoms with Gasteiger partial charge in [-0.15, -0.1) is 0 Å². The highest BCUT2D eigenvalue weighted by molar-refractivity contribution is 6.10. The summed E-state index contributed by atoms with van der Waals surface area (Å²) in [5, 5.41) is 10.8. The number of phenolic OH excluding ortho intramolecular Hbond substituents is 1. The lowest BCUT2D eigenvalue weighted by Gasteiger charge is -2.28. The Morgan fingerprint density at radius 1 is 0.920 bits per heavy atom. The summed E-state index contributed by atoms with van der Waals surface area (Å²) in [6.45, 7) is 16.3. The summed E-state index contributed by atoms with van der Waals surface area (Å²) in [5.41, 5.74) is 4.52. The summed E-state index contributed by atoms with van der Waals surface area (Å²) >= 11 is 0. The SMILES string of the molecule is Cc1cc(C(=O)c2cc(C(C)(C)C)c(O)c(C(C)(C)C)c2)c(C)n1C. The van der Waals surface area contributed by atoms with Crippen LogP contribution in [0.15, 0.2) is 18.2 Å². The predicted octanol–water partition coefficient (Wildman–Crippen LogP) is 5.17. The highest BCUT2D eigenvalue weighted by Crippen LogP contribution is 2.40. The van der Waals surface area contributed by atoms with Crippen LogP contribution in [0.5, 0.6) is 5.75 Å². The molecular weight excluding hydrogens is 310 g/mol. The molecule has 2 rings (SSSR count). The Hall–Kier alpha value is -2.03. The Balaban J connectivity index is 2.73. The smallest absolute Gasteiger partial charge is 0.194 e. The number of hydrogen-bond donors (Lipinski definition) is 1. The van der Waals surface area contributed by atoms with E-state index >= 15 is 0 Å². The van der Waals surface area contributed by atoms with Gasteiger partial charge >= 0.3 is 0 Å². The molecule has 1 aromatic carbocycles. The molecule has 2 aromatic rings. The second-order valence-electron chi connectivity index (χ2n) is 9.09. The summed E-state index contributed by atoms with van der Waals surface area (Å²) in [6, 6.07) is 5.65. The average Bonchev–Trinajstić information content (AvgIpc) is 2.72. The van der Waals surface area contributed by atoms with Crippen molar-refractivity contribution in [1.82, 2.24) is 4.57 Å². The van der Waals surface area contributed by atoms with Crippen LogP contribution in [-0.2, 0) is 17.9 Å². The second-order valence-corrected chi connectivity index (χ2v) is 9.09. The number of phenols is 1. The minimum atomic E-state index is -0.248. The topological polar surface area (TPSA) is 42.2 Å². The van der Waals surface area contributed by atoms with Crippen molar-refractivity contribution < 1.29 is 9.90 Å². The van der Waals surface area contributed by atoms with Crippen molar-refractivity contribution in [2.45, 2.75) is 66.2 Å². The number of rotatable bonds is 2. The van der Waals surface area contributed by atoms with E-state index in [2.05, 4.69) is 41.5 Å². The molecule has 0 atom stereocenters. The largest absolute Gasteiger partial charge is 0.507 e. The standard InChI is InChI=1S/C22H31NO2/c1-13-10-16(14(2)23(13)9)19(24)15-11-17(21(3,4)5)20(25)18(12-15)22(6,7)8/h10-12,25H,1-9H3. The first-order valence-electron chi connectivity index (χ1n) is 8.80. The maximum absolute atomic E-state index is 13.2. The summed E-state index contributed by atoms with van der Waals surface area (Å²) in [6.07, 6.45) is 0. The fraction of sp³-hybridized carbons (Fsp3) is 0.500. The number of benzene rings is 1. The minimum absolute atomic E-state index is 0.0113. The maximum Gasteiger partial charge on any atom is 0.194 e. The van der Waals surface area contributed by atoms with E-state index in [9.17, 15) is 9.90 Å². The van der Waals surface area contributed by atoms with Crippen molar-refractivity contribution in [3.8, 4) is 5.75 Å². The van der Waals surface area contributed by atoms with Gasteiger partial charge in [-0.2, -0.15) is 0 Å². The maximum atomic E-state index is 13.2. The van der Waals surface area contributed by atoms with E-state index in [0.717, 1.165) is 28.1 Å². The zero-order valence-electron chi connectivity index (χ0n) is 17.0. The molecule has 1 N–H and O–H groups in total. The van der Waals surface area contributed by atoms with Crippen molar-refractivity contribution in [3.63, 3.8) is 0 Å². The highest BCUT2D eigenvalue weighted by atomic mass is 16.3. The zero-order valence-corrected chi connectivity index (χ0v) is 17.0. The van der Waals surface area contributed by atoms with Gasteiger partial charge in [0.15, 0.2) is 5.78 Å². The number of aryl methyl sites for hydroxylation is 1. The summed E-state index contributed by atoms with van der Waals surface area (Å²) in [5.74, 6) is 0.315. The Bertz CT molecular complexity index is 792. The zero-order chi connectivity index (χ0) is 19.3. The monoisotopic (exact) mass is 341 g/mol. The van der Waals surface area contributed by atoms with Gasteiger partial charge in [-0.25, -0.2) is 0 Å². The van der Waals surface area contributed by atoms with Crippen molar-refractivity contribution in [2.24, 2.45) is 7.05 Å². The summed E-state index contributed by atoms with van der Waals surface area (Å²) in [7, 11) is 1.97. The molecule has 0 unspecified atom stereocenters. The molecule has 3 nitrogen and oxygen atoms in total. The van der Waals surface area contributed by atoms with Gasteiger partial charge in [0, 0.05) is 40.7 Å². The molecule has 25 heavy (non-hydrogen) atoms. The van der Waals surface area contributed by atoms with Gasteiger partial charge in [0.05, 0.1) is 0 Å². The van der Waals surface area contributed by atoms with Crippen LogP contribution in [0.25, 0.3) is 0 Å². The van der Waals surface area contributed by atoms with Crippen LogP contribution in [0.2, 0.25) is 0 Å². The Kier molecular flexibility index (Phi) is 4.67. The summed E-state index contributed by atoms with van der Waals surface area (Å²) in [4.78, 5) is 13.2. The molecule has 3 heteroatoms. The lowest BCUT2D eigenvalue weighted by atomic mass is 9.77. The van der Waals surface area contributed by atoms with Crippen molar-refractivity contribution in [1.29, 1.82) is 0 Å². The molecule has 0 amide bonds. The van der Waals surface area contributed by atoms with Gasteiger partial charge in [0.25, 0.3) is 0 Å². The van der Waals surface area contributed by atoms with E-state index in [1.807, 2.05) is 43.7 Å². The van der Waals surface area contributed by atoms with E-state index in [4.69, 9.17) is 0 Å². The molecule has 0 spiro atoms. The molecule has 0 fully saturated rings. The molecule has 0 saturated heterocycles. The van der Waals surface area contributed by atoms with Crippen LogP contribution >= 0.6 is 0 Å². The number of nitrogens with zero attached hydrogens (tertiary/aromatic N) is 1. The molecule has 1 aromatic heterocycles. The van der Waals surface area contributed by atoms with Crippen LogP contribution in [0.4, 0.5) is 0 Å². The first-order chi connectivity index (χ1) is 11.2. The quantitative estimate of drug-likeness (QED) is 0.765. The third-order valence-electron chi connectivity index (χ3n) is 5.01. The number of aromatic hydroxyl groups is 1. The van der Waals surface area contributed by atoms with Crippen LogP contribution < -0.4 is 0 Å². The fourth-order valence-electron chi connectivity index (χ4n) is 3.15. The van der Waals surface area contributed by atoms with E-state index < -0.39 is 0 Å². The normalized spacial score (nSPS) is 12.5. The number of carbonyl (C=O) groups is 1. The molecule has 0 aliphatic carbocycles. The Labute approximate surface area is 151 Å². The van der Waals surface area contributed by atoms with Gasteiger partial charge in [0.1, 0.15) is 5.75 Å². The van der Waals surface area contributed by atoms with E-state index in [0.29, 0.717) is 11.3 Å². The van der Waals surface area contributed by atoms with Gasteiger partial charge in [-0.3, -0.25) is 4.79 Å². The molecule has 0 radical (unpaired) electrons. The summed E-state index contributed by atoms with van der Waals surface area (Å²) < 4.78 is 2.03. The molecule has 0 aliphatic heterocycles. The van der Waals surface area contributed by atoms with Gasteiger partial charge in [-0.05, 0) is 42.9 Å². The van der Waals surface area contributed by atoms with E-state index in [1.165, 1.54) is 0 Å². The lowest BCUT2D eigenvalue weighted by molar-refractivity contribution is 0.103. The predicted molar refractivity (Wildman–Crippen MR) is 104 cm³/mol. The molecule has 0 aliphatic rings. The molecular formula is C22H31NO2. The van der Waals surface area contributed by atoms with Crippen LogP contribution in [0.1, 0.15) is 80.0 Å². The first-order valence-corrected chi connectivity index (χ1v) is 8.80. The number of aromatic nitrogens is 1. The van der Waals surface area contributed by atoms with E-state index in [-0.39, 0.29) is 16.6 Å². The Morgan fingerprint density at radius 3 is 1.68 bits per heavy atom. The number of ketones is 1. The van der Waals surface area contributed by atoms with E-state index in [1.54, 1.807) is 0 Å². The first kappa shape index (κ1) is 19.3. The molecule has 136 valence electrons. The molecule has 0 bridgehead atoms. The van der Waals surface area contributed by atoms with Gasteiger partial charge < -0.3 is 9.67 Å². The van der Waals surface area contributed by atoms with Gasteiger partial charge in [0.2, 0.25) is 0 Å². The molecule has 0 saturated carbocycles. The second kappa shape index (κ2) is 6.05. The molecule has 1 heterocycles. The lowest BCUT2D eigenvalue weighted by Crippen LogP contribution is -2.19. The van der Waals surface area contributed by atoms with Crippen LogP contribution in [0, 0.1) is 13.8 Å². The van der Waals surface area contributed by atoms with Gasteiger partial charge in [-0.1, -0.05) is 41.5 Å². The number of hydrogen-bond acceptors (Lipinski definition) is 2. The third kappa shape index (κ3) is 3.51. The fourth-order valence-corrected chi connectivity index (χ4v) is 3.15. The van der Waals surface area contributed by atoms with Crippen LogP contribution in [-0.4, -0.2) is 15.5 Å². The van der Waals surface area contributed by atoms with Crippen molar-refractivity contribution in [3.05, 3.63) is 51.8 Å².